The average Bonchev–Trinajstić information content (AvgIpc) is 2.85. The zero-order chi connectivity index (χ0) is 17.3. The third kappa shape index (κ3) is 2.62. The van der Waals surface area contributed by atoms with Crippen LogP contribution in [0.4, 0.5) is 5.69 Å². The fraction of sp³-hybridized carbons (Fsp3) is 0.167. The van der Waals surface area contributed by atoms with Gasteiger partial charge in [-0.3, -0.25) is 19.3 Å². The standard InChI is InChI=1S/C18H16N2O4/c1-3-20-17(22)14-8-7-11(9-15(14)18(20)23)16(21)19-12-5-4-6-13(10-12)24-2/h4-10H,3H2,1-2H3,(H,19,21). The smallest absolute Gasteiger partial charge is 0.261 e. The number of hydrogen-bond acceptors (Lipinski definition) is 4. The summed E-state index contributed by atoms with van der Waals surface area (Å²) in [5.41, 5.74) is 1.49. The highest BCUT2D eigenvalue weighted by Crippen LogP contribution is 2.24. The first-order valence-electron chi connectivity index (χ1n) is 7.50. The molecule has 0 radical (unpaired) electrons. The van der Waals surface area contributed by atoms with Gasteiger partial charge in [-0.25, -0.2) is 0 Å². The molecule has 0 unspecified atom stereocenters. The number of benzene rings is 2. The number of ether oxygens (including phenoxy) is 1. The summed E-state index contributed by atoms with van der Waals surface area (Å²) in [5, 5.41) is 2.75. The maximum absolute atomic E-state index is 12.4. The van der Waals surface area contributed by atoms with Crippen LogP contribution < -0.4 is 10.1 Å². The molecule has 6 heteroatoms. The van der Waals surface area contributed by atoms with Crippen LogP contribution >= 0.6 is 0 Å². The number of nitrogens with zero attached hydrogens (tertiary/aromatic N) is 1. The van der Waals surface area contributed by atoms with Crippen LogP contribution in [0, 0.1) is 0 Å². The molecule has 0 atom stereocenters. The molecule has 0 aliphatic carbocycles. The summed E-state index contributed by atoms with van der Waals surface area (Å²) in [7, 11) is 1.55. The lowest BCUT2D eigenvalue weighted by molar-refractivity contribution is 0.0662. The molecule has 24 heavy (non-hydrogen) atoms. The Morgan fingerprint density at radius 2 is 1.83 bits per heavy atom. The lowest BCUT2D eigenvalue weighted by atomic mass is 10.1. The van der Waals surface area contributed by atoms with Gasteiger partial charge >= 0.3 is 0 Å². The van der Waals surface area contributed by atoms with Gasteiger partial charge in [0.15, 0.2) is 0 Å². The number of amides is 3. The van der Waals surface area contributed by atoms with Gasteiger partial charge < -0.3 is 10.1 Å². The molecule has 3 rings (SSSR count). The minimum absolute atomic E-state index is 0.264. The molecular weight excluding hydrogens is 308 g/mol. The topological polar surface area (TPSA) is 75.7 Å². The van der Waals surface area contributed by atoms with Crippen LogP contribution in [0.25, 0.3) is 0 Å². The molecule has 0 saturated heterocycles. The summed E-state index contributed by atoms with van der Waals surface area (Å²) in [6.07, 6.45) is 0. The predicted molar refractivity (Wildman–Crippen MR) is 88.4 cm³/mol. The number of fused-ring (bicyclic) bond motifs is 1. The zero-order valence-electron chi connectivity index (χ0n) is 13.3. The first kappa shape index (κ1) is 15.7. The zero-order valence-corrected chi connectivity index (χ0v) is 13.3. The molecular formula is C18H16N2O4. The third-order valence-corrected chi connectivity index (χ3v) is 3.88. The SMILES string of the molecule is CCN1C(=O)c2ccc(C(=O)Nc3cccc(OC)c3)cc2C1=O. The van der Waals surface area contributed by atoms with Gasteiger partial charge in [-0.2, -0.15) is 0 Å². The highest BCUT2D eigenvalue weighted by molar-refractivity contribution is 6.22. The number of hydrogen-bond donors (Lipinski definition) is 1. The molecule has 1 heterocycles. The fourth-order valence-electron chi connectivity index (χ4n) is 2.62. The van der Waals surface area contributed by atoms with Crippen molar-refractivity contribution in [1.29, 1.82) is 0 Å². The van der Waals surface area contributed by atoms with Crippen molar-refractivity contribution in [2.75, 3.05) is 19.0 Å². The highest BCUT2D eigenvalue weighted by atomic mass is 16.5. The minimum atomic E-state index is -0.367. The third-order valence-electron chi connectivity index (χ3n) is 3.88. The molecule has 1 N–H and O–H groups in total. The molecule has 0 bridgehead atoms. The van der Waals surface area contributed by atoms with Gasteiger partial charge in [0, 0.05) is 23.9 Å². The van der Waals surface area contributed by atoms with Crippen molar-refractivity contribution in [3.8, 4) is 5.75 Å². The van der Waals surface area contributed by atoms with E-state index in [0.29, 0.717) is 29.1 Å². The number of anilines is 1. The van der Waals surface area contributed by atoms with Gasteiger partial charge in [-0.15, -0.1) is 0 Å². The molecule has 2 aromatic carbocycles. The Labute approximate surface area is 139 Å². The van der Waals surface area contributed by atoms with Crippen molar-refractivity contribution < 1.29 is 19.1 Å². The van der Waals surface area contributed by atoms with E-state index in [0.717, 1.165) is 4.90 Å². The van der Waals surface area contributed by atoms with E-state index >= 15 is 0 Å². The second-order valence-electron chi connectivity index (χ2n) is 5.30. The van der Waals surface area contributed by atoms with Crippen molar-refractivity contribution in [3.63, 3.8) is 0 Å². The van der Waals surface area contributed by atoms with E-state index in [1.165, 1.54) is 12.1 Å². The van der Waals surface area contributed by atoms with Gasteiger partial charge in [0.25, 0.3) is 17.7 Å². The maximum Gasteiger partial charge on any atom is 0.261 e. The Hall–Kier alpha value is -3.15. The molecule has 1 aliphatic heterocycles. The molecule has 6 nitrogen and oxygen atoms in total. The Kier molecular flexibility index (Phi) is 4.04. The number of methoxy groups -OCH3 is 1. The summed E-state index contributed by atoms with van der Waals surface area (Å²) in [6, 6.07) is 11.5. The van der Waals surface area contributed by atoms with Gasteiger partial charge in [-0.05, 0) is 37.3 Å². The Bertz CT molecular complexity index is 845. The molecule has 0 spiro atoms. The Morgan fingerprint density at radius 3 is 2.54 bits per heavy atom. The molecule has 0 aromatic heterocycles. The van der Waals surface area contributed by atoms with Gasteiger partial charge in [0.05, 0.1) is 18.2 Å². The van der Waals surface area contributed by atoms with E-state index in [-0.39, 0.29) is 23.3 Å². The second kappa shape index (κ2) is 6.16. The van der Waals surface area contributed by atoms with Crippen molar-refractivity contribution in [2.45, 2.75) is 6.92 Å². The number of nitrogens with one attached hydrogen (secondary N) is 1. The summed E-state index contributed by atoms with van der Waals surface area (Å²) >= 11 is 0. The molecule has 2 aromatic rings. The molecule has 122 valence electrons. The quantitative estimate of drug-likeness (QED) is 0.877. The monoisotopic (exact) mass is 324 g/mol. The lowest BCUT2D eigenvalue weighted by Crippen LogP contribution is -2.29. The van der Waals surface area contributed by atoms with E-state index in [4.69, 9.17) is 4.74 Å². The first-order chi connectivity index (χ1) is 11.5. The molecule has 1 aliphatic rings. The predicted octanol–water partition coefficient (Wildman–Crippen LogP) is 2.56. The van der Waals surface area contributed by atoms with Crippen LogP contribution in [0.2, 0.25) is 0 Å². The summed E-state index contributed by atoms with van der Waals surface area (Å²) < 4.78 is 5.11. The van der Waals surface area contributed by atoms with E-state index < -0.39 is 0 Å². The number of carbonyl (C=O) groups is 3. The minimum Gasteiger partial charge on any atom is -0.497 e. The normalized spacial score (nSPS) is 13.0. The van der Waals surface area contributed by atoms with Crippen LogP contribution in [-0.4, -0.2) is 36.3 Å². The van der Waals surface area contributed by atoms with Crippen molar-refractivity contribution in [3.05, 3.63) is 59.2 Å². The largest absolute Gasteiger partial charge is 0.497 e. The van der Waals surface area contributed by atoms with Crippen LogP contribution in [0.15, 0.2) is 42.5 Å². The summed E-state index contributed by atoms with van der Waals surface area (Å²) in [5.74, 6) is -0.423. The maximum atomic E-state index is 12.4. The Balaban J connectivity index is 1.86. The molecule has 0 saturated carbocycles. The second-order valence-corrected chi connectivity index (χ2v) is 5.30. The average molecular weight is 324 g/mol. The van der Waals surface area contributed by atoms with Crippen molar-refractivity contribution >= 4 is 23.4 Å². The number of carbonyl (C=O) groups excluding carboxylic acids is 3. The van der Waals surface area contributed by atoms with E-state index in [2.05, 4.69) is 5.32 Å². The Morgan fingerprint density at radius 1 is 1.08 bits per heavy atom. The van der Waals surface area contributed by atoms with Crippen molar-refractivity contribution in [1.82, 2.24) is 4.90 Å². The molecule has 0 fully saturated rings. The number of rotatable bonds is 4. The summed E-state index contributed by atoms with van der Waals surface area (Å²) in [6.45, 7) is 2.04. The van der Waals surface area contributed by atoms with Gasteiger partial charge in [0.2, 0.25) is 0 Å². The highest BCUT2D eigenvalue weighted by Gasteiger charge is 2.34. The van der Waals surface area contributed by atoms with Crippen LogP contribution in [0.1, 0.15) is 38.0 Å². The van der Waals surface area contributed by atoms with E-state index in [1.54, 1.807) is 44.4 Å². The van der Waals surface area contributed by atoms with Gasteiger partial charge in [-0.1, -0.05) is 6.07 Å². The number of imide groups is 1. The fourth-order valence-corrected chi connectivity index (χ4v) is 2.62. The van der Waals surface area contributed by atoms with Crippen LogP contribution in [-0.2, 0) is 0 Å². The molecule has 3 amide bonds. The van der Waals surface area contributed by atoms with Gasteiger partial charge in [0.1, 0.15) is 5.75 Å². The van der Waals surface area contributed by atoms with Crippen LogP contribution in [0.3, 0.4) is 0 Å². The van der Waals surface area contributed by atoms with E-state index in [1.807, 2.05) is 0 Å². The lowest BCUT2D eigenvalue weighted by Gasteiger charge is -2.08. The van der Waals surface area contributed by atoms with Crippen LogP contribution in [0.5, 0.6) is 5.75 Å². The van der Waals surface area contributed by atoms with E-state index in [9.17, 15) is 14.4 Å². The summed E-state index contributed by atoms with van der Waals surface area (Å²) in [4.78, 5) is 37.8. The first-order valence-corrected chi connectivity index (χ1v) is 7.50. The van der Waals surface area contributed by atoms with Crippen molar-refractivity contribution in [2.24, 2.45) is 0 Å².